The molecule has 0 fully saturated rings. The van der Waals surface area contributed by atoms with Crippen LogP contribution >= 0.6 is 0 Å². The lowest BCUT2D eigenvalue weighted by Gasteiger charge is -2.23. The van der Waals surface area contributed by atoms with Crippen molar-refractivity contribution in [3.05, 3.63) is 96.9 Å². The van der Waals surface area contributed by atoms with E-state index in [1.165, 1.54) is 43.2 Å². The molecule has 0 aliphatic heterocycles. The van der Waals surface area contributed by atoms with Crippen LogP contribution in [-0.2, 0) is 20.9 Å². The molecule has 0 amide bonds. The van der Waals surface area contributed by atoms with Crippen molar-refractivity contribution in [2.75, 3.05) is 0 Å². The van der Waals surface area contributed by atoms with Crippen LogP contribution in [-0.4, -0.2) is 13.0 Å². The van der Waals surface area contributed by atoms with E-state index in [9.17, 15) is 17.4 Å². The van der Waals surface area contributed by atoms with Gasteiger partial charge in [0.05, 0.1) is 4.90 Å². The Labute approximate surface area is 214 Å². The fourth-order valence-electron chi connectivity index (χ4n) is 3.11. The van der Waals surface area contributed by atoms with E-state index in [2.05, 4.69) is 90.1 Å². The Morgan fingerprint density at radius 3 is 1.41 bits per heavy atom. The molecule has 0 aliphatic rings. The number of hydrogen-bond acceptors (Lipinski definition) is 3. The second-order valence-electron chi connectivity index (χ2n) is 9.47. The molecule has 3 rings (SSSR count). The normalized spacial score (nSPS) is 12.1. The van der Waals surface area contributed by atoms with E-state index in [1.807, 2.05) is 0 Å². The molecule has 3 aromatic rings. The summed E-state index contributed by atoms with van der Waals surface area (Å²) in [6.07, 6.45) is 2.35. The molecular weight excluding hydrogens is 562 g/mol. The summed E-state index contributed by atoms with van der Waals surface area (Å²) in [7, 11) is -4.66. The van der Waals surface area contributed by atoms with Gasteiger partial charge >= 0.3 is 21.2 Å². The molecule has 0 unspecified atom stereocenters. The highest BCUT2D eigenvalue weighted by molar-refractivity contribution is 7.85. The Bertz CT molecular complexity index is 1110. The van der Waals surface area contributed by atoms with Crippen molar-refractivity contribution in [1.29, 1.82) is 0 Å². The average molecular weight is 597 g/mol. The summed E-state index contributed by atoms with van der Waals surface area (Å²) in [5.74, 6) is -1.01. The van der Waals surface area contributed by atoms with Crippen molar-refractivity contribution >= 4 is 10.1 Å². The lowest BCUT2D eigenvalue weighted by Crippen LogP contribution is -3.61. The second kappa shape index (κ2) is 11.8. The molecule has 6 heteroatoms. The minimum Gasteiger partial charge on any atom is -0.744 e. The summed E-state index contributed by atoms with van der Waals surface area (Å²) >= 11 is -0.0793. The number of halogens is 2. The molecule has 0 saturated carbocycles. The minimum atomic E-state index is -4.66. The molecule has 0 radical (unpaired) electrons. The van der Waals surface area contributed by atoms with Crippen molar-refractivity contribution in [1.82, 2.24) is 0 Å². The summed E-state index contributed by atoms with van der Waals surface area (Å²) in [5, 5.41) is 0. The van der Waals surface area contributed by atoms with Crippen LogP contribution in [0.2, 0.25) is 0 Å². The molecule has 0 saturated heterocycles. The SMILES string of the molecule is CCC(C)(C)c1ccc([I+]c2ccc(C(C)(C)CC)cc2)cc1.O=S(=O)([O-])c1ccccc1F. The van der Waals surface area contributed by atoms with Gasteiger partial charge in [-0.3, -0.25) is 0 Å². The summed E-state index contributed by atoms with van der Waals surface area (Å²) in [6, 6.07) is 23.1. The Kier molecular flexibility index (Phi) is 9.86. The van der Waals surface area contributed by atoms with Crippen LogP contribution in [0.5, 0.6) is 0 Å². The number of rotatable bonds is 7. The molecule has 3 aromatic carbocycles. The first-order valence-corrected chi connectivity index (χ1v) is 14.9. The van der Waals surface area contributed by atoms with Gasteiger partial charge in [0.2, 0.25) is 0 Å². The Hall–Kier alpha value is -1.77. The predicted octanol–water partition coefficient (Wildman–Crippen LogP) is 3.92. The van der Waals surface area contributed by atoms with Crippen molar-refractivity contribution in [3.63, 3.8) is 0 Å². The van der Waals surface area contributed by atoms with Gasteiger partial charge in [-0.2, -0.15) is 0 Å². The molecule has 0 heterocycles. The summed E-state index contributed by atoms with van der Waals surface area (Å²) < 4.78 is 46.3. The Morgan fingerprint density at radius 1 is 0.735 bits per heavy atom. The van der Waals surface area contributed by atoms with E-state index in [0.717, 1.165) is 12.1 Å². The summed E-state index contributed by atoms with van der Waals surface area (Å²) in [5.41, 5.74) is 3.47. The molecule has 184 valence electrons. The van der Waals surface area contributed by atoms with Crippen LogP contribution in [0.25, 0.3) is 0 Å². The molecular formula is C28H34FIO3S. The van der Waals surface area contributed by atoms with E-state index < -0.39 is 20.8 Å². The predicted molar refractivity (Wildman–Crippen MR) is 131 cm³/mol. The third-order valence-corrected chi connectivity index (χ3v) is 9.90. The maximum atomic E-state index is 12.5. The highest BCUT2D eigenvalue weighted by Crippen LogP contribution is 2.26. The van der Waals surface area contributed by atoms with Gasteiger partial charge in [0, 0.05) is 0 Å². The van der Waals surface area contributed by atoms with Crippen molar-refractivity contribution < 1.29 is 38.6 Å². The van der Waals surface area contributed by atoms with E-state index in [0.29, 0.717) is 0 Å². The van der Waals surface area contributed by atoms with Crippen molar-refractivity contribution in [2.24, 2.45) is 0 Å². The lowest BCUT2D eigenvalue weighted by atomic mass is 9.82. The molecule has 3 nitrogen and oxygen atoms in total. The van der Waals surface area contributed by atoms with Crippen LogP contribution in [0.1, 0.15) is 65.5 Å². The summed E-state index contributed by atoms with van der Waals surface area (Å²) in [4.78, 5) is -0.806. The average Bonchev–Trinajstić information content (AvgIpc) is 2.80. The van der Waals surface area contributed by atoms with E-state index in [4.69, 9.17) is 0 Å². The standard InChI is InChI=1S/C22H30I.C6H5FO3S/c1-7-21(3,4)17-9-13-19(14-10-17)23-20-15-11-18(12-16-20)22(5,6)8-2;7-5-3-1-2-4-6(5)11(8,9)10/h9-16H,7-8H2,1-6H3;1-4H,(H,8,9,10)/q+1;/p-1. The molecule has 0 bridgehead atoms. The van der Waals surface area contributed by atoms with Crippen LogP contribution in [0, 0.1) is 13.0 Å². The first kappa shape index (κ1) is 28.5. The van der Waals surface area contributed by atoms with Gasteiger partial charge in [0.15, 0.2) is 7.14 Å². The van der Waals surface area contributed by atoms with Crippen molar-refractivity contribution in [3.8, 4) is 0 Å². The second-order valence-corrected chi connectivity index (χ2v) is 13.8. The van der Waals surface area contributed by atoms with Crippen LogP contribution in [0.3, 0.4) is 0 Å². The largest absolute Gasteiger partial charge is 0.744 e. The number of benzene rings is 3. The molecule has 34 heavy (non-hydrogen) atoms. The molecule has 0 aliphatic carbocycles. The number of hydrogen-bond donors (Lipinski definition) is 0. The quantitative estimate of drug-likeness (QED) is 0.307. The molecule has 0 aromatic heterocycles. The maximum Gasteiger partial charge on any atom is 0.357 e. The van der Waals surface area contributed by atoms with E-state index >= 15 is 0 Å². The van der Waals surface area contributed by atoms with Crippen LogP contribution in [0.15, 0.2) is 77.7 Å². The van der Waals surface area contributed by atoms with Gasteiger partial charge < -0.3 is 4.55 Å². The topological polar surface area (TPSA) is 57.2 Å². The zero-order valence-electron chi connectivity index (χ0n) is 20.7. The summed E-state index contributed by atoms with van der Waals surface area (Å²) in [6.45, 7) is 13.8. The third-order valence-electron chi connectivity index (χ3n) is 6.34. The first-order valence-electron chi connectivity index (χ1n) is 11.4. The fraction of sp³-hybridized carbons (Fsp3) is 0.357. The minimum absolute atomic E-state index is 0.0793. The van der Waals surface area contributed by atoms with Gasteiger partial charge in [-0.15, -0.1) is 0 Å². The Morgan fingerprint density at radius 2 is 1.12 bits per heavy atom. The zero-order valence-corrected chi connectivity index (χ0v) is 23.7. The van der Waals surface area contributed by atoms with Gasteiger partial charge in [-0.25, -0.2) is 12.8 Å². The van der Waals surface area contributed by atoms with Gasteiger partial charge in [-0.05, 0) is 71.2 Å². The van der Waals surface area contributed by atoms with Crippen LogP contribution < -0.4 is 21.2 Å². The molecule has 0 atom stereocenters. The highest BCUT2D eigenvalue weighted by atomic mass is 127. The van der Waals surface area contributed by atoms with Gasteiger partial charge in [0.1, 0.15) is 15.9 Å². The fourth-order valence-corrected chi connectivity index (χ4v) is 5.82. The Balaban J connectivity index is 0.000000310. The van der Waals surface area contributed by atoms with E-state index in [-0.39, 0.29) is 32.0 Å². The lowest BCUT2D eigenvalue weighted by molar-refractivity contribution is -0.597. The van der Waals surface area contributed by atoms with Gasteiger partial charge in [0.25, 0.3) is 0 Å². The van der Waals surface area contributed by atoms with Crippen LogP contribution in [0.4, 0.5) is 4.39 Å². The smallest absolute Gasteiger partial charge is 0.357 e. The highest BCUT2D eigenvalue weighted by Gasteiger charge is 2.22. The monoisotopic (exact) mass is 596 g/mol. The molecule has 0 N–H and O–H groups in total. The first-order chi connectivity index (χ1) is 15.8. The third kappa shape index (κ3) is 7.89. The molecule has 0 spiro atoms. The zero-order chi connectivity index (χ0) is 25.6. The van der Waals surface area contributed by atoms with Crippen molar-refractivity contribution in [2.45, 2.75) is 70.1 Å². The van der Waals surface area contributed by atoms with Gasteiger partial charge in [-0.1, -0.05) is 77.9 Å². The maximum absolute atomic E-state index is 12.5. The van der Waals surface area contributed by atoms with E-state index in [1.54, 1.807) is 0 Å².